The van der Waals surface area contributed by atoms with E-state index >= 15 is 0 Å². The summed E-state index contributed by atoms with van der Waals surface area (Å²) in [6.45, 7) is 10.2. The lowest BCUT2D eigenvalue weighted by Gasteiger charge is -2.13. The van der Waals surface area contributed by atoms with E-state index in [2.05, 4.69) is 40.0 Å². The maximum atomic E-state index is 4.14. The fourth-order valence-electron chi connectivity index (χ4n) is 0.385. The van der Waals surface area contributed by atoms with Gasteiger partial charge in [0.2, 0.25) is 0 Å². The monoisotopic (exact) mass is 130 g/mol. The minimum atomic E-state index is 0.540. The Morgan fingerprint density at radius 3 is 1.75 bits per heavy atom. The molecule has 0 aliphatic heterocycles. The van der Waals surface area contributed by atoms with Crippen molar-refractivity contribution in [2.75, 3.05) is 0 Å². The maximum absolute atomic E-state index is 4.14. The van der Waals surface area contributed by atoms with Gasteiger partial charge in [0.1, 0.15) is 0 Å². The van der Waals surface area contributed by atoms with E-state index in [9.17, 15) is 0 Å². The molecule has 1 atom stereocenters. The molecule has 0 rings (SSSR count). The van der Waals surface area contributed by atoms with E-state index in [1.165, 1.54) is 0 Å². The molecule has 0 fully saturated rings. The van der Waals surface area contributed by atoms with Crippen LogP contribution in [0.1, 0.15) is 20.8 Å². The highest BCUT2D eigenvalue weighted by Crippen LogP contribution is 2.19. The number of allylic oxidation sites excluding steroid dienone is 1. The molecular formula is C7H14S. The van der Waals surface area contributed by atoms with Gasteiger partial charge in [0, 0.05) is 0 Å². The van der Waals surface area contributed by atoms with Crippen molar-refractivity contribution in [1.82, 2.24) is 0 Å². The lowest BCUT2D eigenvalue weighted by molar-refractivity contribution is 0.499. The third kappa shape index (κ3) is 2.41. The zero-order valence-corrected chi connectivity index (χ0v) is 6.70. The average molecular weight is 130 g/mol. The summed E-state index contributed by atoms with van der Waals surface area (Å²) < 4.78 is 0. The predicted molar refractivity (Wildman–Crippen MR) is 42.1 cm³/mol. The van der Waals surface area contributed by atoms with E-state index in [1.54, 1.807) is 0 Å². The van der Waals surface area contributed by atoms with Gasteiger partial charge in [-0.05, 0) is 16.7 Å². The minimum Gasteiger partial charge on any atom is -0.148 e. The fraction of sp³-hybridized carbons (Fsp3) is 0.714. The van der Waals surface area contributed by atoms with E-state index in [4.69, 9.17) is 0 Å². The average Bonchev–Trinajstić information content (AvgIpc) is 1.64. The van der Waals surface area contributed by atoms with Crippen LogP contribution in [-0.2, 0) is 0 Å². The van der Waals surface area contributed by atoms with Crippen molar-refractivity contribution in [2.45, 2.75) is 20.8 Å². The molecule has 0 saturated carbocycles. The van der Waals surface area contributed by atoms with Gasteiger partial charge in [0.15, 0.2) is 0 Å². The normalized spacial score (nSPS) is 14.1. The molecule has 0 amide bonds. The van der Waals surface area contributed by atoms with E-state index in [0.717, 1.165) is 4.91 Å². The van der Waals surface area contributed by atoms with Crippen molar-refractivity contribution in [1.29, 1.82) is 0 Å². The molecule has 0 aromatic heterocycles. The van der Waals surface area contributed by atoms with Crippen LogP contribution in [-0.4, -0.2) is 0 Å². The van der Waals surface area contributed by atoms with Crippen molar-refractivity contribution in [3.63, 3.8) is 0 Å². The minimum absolute atomic E-state index is 0.540. The first kappa shape index (κ1) is 8.09. The number of rotatable bonds is 2. The first-order chi connectivity index (χ1) is 3.55. The van der Waals surface area contributed by atoms with E-state index in [-0.39, 0.29) is 0 Å². The van der Waals surface area contributed by atoms with Gasteiger partial charge in [0.25, 0.3) is 0 Å². The smallest absolute Gasteiger partial charge is 0.0116 e. The van der Waals surface area contributed by atoms with Crippen LogP contribution in [0.5, 0.6) is 0 Å². The summed E-state index contributed by atoms with van der Waals surface area (Å²) in [5.41, 5.74) is 0. The van der Waals surface area contributed by atoms with Crippen molar-refractivity contribution in [2.24, 2.45) is 11.8 Å². The summed E-state index contributed by atoms with van der Waals surface area (Å²) in [5.74, 6) is 1.21. The van der Waals surface area contributed by atoms with Crippen LogP contribution < -0.4 is 0 Å². The number of hydrogen-bond donors (Lipinski definition) is 1. The Hall–Kier alpha value is 0.0900. The Balaban J connectivity index is 3.64. The number of thiol groups is 1. The molecule has 0 nitrogen and oxygen atoms in total. The van der Waals surface area contributed by atoms with Gasteiger partial charge in [-0.2, -0.15) is 0 Å². The topological polar surface area (TPSA) is 0 Å². The zero-order valence-electron chi connectivity index (χ0n) is 5.81. The highest BCUT2D eigenvalue weighted by molar-refractivity contribution is 7.84. The molecule has 1 heteroatoms. The summed E-state index contributed by atoms with van der Waals surface area (Å²) in [4.78, 5) is 0.986. The van der Waals surface area contributed by atoms with Gasteiger partial charge < -0.3 is 0 Å². The molecule has 0 heterocycles. The molecule has 48 valence electrons. The zero-order chi connectivity index (χ0) is 6.73. The third-order valence-corrected chi connectivity index (χ3v) is 1.93. The van der Waals surface area contributed by atoms with Crippen LogP contribution >= 0.6 is 12.6 Å². The Morgan fingerprint density at radius 2 is 1.75 bits per heavy atom. The quantitative estimate of drug-likeness (QED) is 0.546. The molecular weight excluding hydrogens is 116 g/mol. The lowest BCUT2D eigenvalue weighted by Crippen LogP contribution is -2.02. The highest BCUT2D eigenvalue weighted by atomic mass is 32.1. The standard InChI is InChI=1S/C7H14S/c1-5(2)6(3)7(4)8/h5-6,8H,4H2,1-3H3. The van der Waals surface area contributed by atoms with Crippen LogP contribution in [0.4, 0.5) is 0 Å². The summed E-state index contributed by atoms with van der Waals surface area (Å²) in [7, 11) is 0. The Labute approximate surface area is 57.4 Å². The first-order valence-electron chi connectivity index (χ1n) is 2.93. The van der Waals surface area contributed by atoms with Gasteiger partial charge in [-0.1, -0.05) is 27.4 Å². The maximum Gasteiger partial charge on any atom is -0.0116 e. The molecule has 0 aliphatic carbocycles. The Morgan fingerprint density at radius 1 is 1.38 bits per heavy atom. The van der Waals surface area contributed by atoms with Gasteiger partial charge in [-0.25, -0.2) is 0 Å². The second-order valence-corrected chi connectivity index (χ2v) is 3.10. The molecule has 0 spiro atoms. The van der Waals surface area contributed by atoms with Crippen molar-refractivity contribution < 1.29 is 0 Å². The Bertz CT molecular complexity index is 84.4. The van der Waals surface area contributed by atoms with Crippen molar-refractivity contribution in [3.8, 4) is 0 Å². The van der Waals surface area contributed by atoms with Gasteiger partial charge in [-0.15, -0.1) is 12.6 Å². The fourth-order valence-corrected chi connectivity index (χ4v) is 0.683. The predicted octanol–water partition coefficient (Wildman–Crippen LogP) is 2.72. The molecule has 0 aromatic carbocycles. The number of hydrogen-bond acceptors (Lipinski definition) is 1. The molecule has 0 aliphatic rings. The van der Waals surface area contributed by atoms with Gasteiger partial charge in [-0.3, -0.25) is 0 Å². The lowest BCUT2D eigenvalue weighted by atomic mass is 9.98. The van der Waals surface area contributed by atoms with Crippen LogP contribution in [0.2, 0.25) is 0 Å². The SMILES string of the molecule is C=C(S)C(C)C(C)C. The van der Waals surface area contributed by atoms with E-state index < -0.39 is 0 Å². The summed E-state index contributed by atoms with van der Waals surface area (Å²) in [6, 6.07) is 0. The van der Waals surface area contributed by atoms with Crippen LogP contribution in [0.3, 0.4) is 0 Å². The van der Waals surface area contributed by atoms with E-state index in [1.807, 2.05) is 0 Å². The first-order valence-corrected chi connectivity index (χ1v) is 3.38. The molecule has 0 saturated heterocycles. The highest BCUT2D eigenvalue weighted by Gasteiger charge is 2.06. The Kier molecular flexibility index (Phi) is 3.22. The molecule has 0 N–H and O–H groups in total. The summed E-state index contributed by atoms with van der Waals surface area (Å²) >= 11 is 4.14. The second-order valence-electron chi connectivity index (χ2n) is 2.52. The van der Waals surface area contributed by atoms with Gasteiger partial charge >= 0.3 is 0 Å². The summed E-state index contributed by atoms with van der Waals surface area (Å²) in [5, 5.41) is 0. The third-order valence-electron chi connectivity index (χ3n) is 1.53. The van der Waals surface area contributed by atoms with Crippen LogP contribution in [0.15, 0.2) is 11.5 Å². The molecule has 0 aromatic rings. The molecule has 1 unspecified atom stereocenters. The van der Waals surface area contributed by atoms with Crippen LogP contribution in [0.25, 0.3) is 0 Å². The molecule has 8 heavy (non-hydrogen) atoms. The van der Waals surface area contributed by atoms with E-state index in [0.29, 0.717) is 11.8 Å². The summed E-state index contributed by atoms with van der Waals surface area (Å²) in [6.07, 6.45) is 0. The largest absolute Gasteiger partial charge is 0.148 e. The molecule has 0 radical (unpaired) electrons. The van der Waals surface area contributed by atoms with Gasteiger partial charge in [0.05, 0.1) is 0 Å². The van der Waals surface area contributed by atoms with Crippen molar-refractivity contribution >= 4 is 12.6 Å². The van der Waals surface area contributed by atoms with Crippen LogP contribution in [0, 0.1) is 11.8 Å². The molecule has 0 bridgehead atoms. The van der Waals surface area contributed by atoms with Crippen molar-refractivity contribution in [3.05, 3.63) is 11.5 Å². The second kappa shape index (κ2) is 3.18.